The smallest absolute Gasteiger partial charge is 0.193 e. The van der Waals surface area contributed by atoms with Crippen molar-refractivity contribution in [2.24, 2.45) is 5.41 Å². The van der Waals surface area contributed by atoms with Crippen molar-refractivity contribution >= 4 is 19.9 Å². The lowest BCUT2D eigenvalue weighted by Crippen LogP contribution is -2.50. The Hall–Kier alpha value is -1.00. The largest absolute Gasteiger partial charge is 0.405 e. The molecule has 0 saturated carbocycles. The molecule has 1 aliphatic rings. The molecule has 4 heteroatoms. The molecule has 0 aromatic carbocycles. The van der Waals surface area contributed by atoms with E-state index < -0.39 is 13.9 Å². The van der Waals surface area contributed by atoms with Crippen molar-refractivity contribution in [2.75, 3.05) is 0 Å². The normalized spacial score (nSPS) is 18.5. The van der Waals surface area contributed by atoms with Gasteiger partial charge in [0.2, 0.25) is 0 Å². The zero-order chi connectivity index (χ0) is 20.4. The maximum Gasteiger partial charge on any atom is 0.193 e. The Morgan fingerprint density at radius 1 is 1.23 bits per heavy atom. The van der Waals surface area contributed by atoms with E-state index in [0.717, 1.165) is 25.7 Å². The number of hydrogen-bond donors (Lipinski definition) is 0. The quantitative estimate of drug-likeness (QED) is 0.295. The number of allylic oxidation sites excluding steroid dienone is 3. The summed E-state index contributed by atoms with van der Waals surface area (Å²) in [4.78, 5) is 24.4. The van der Waals surface area contributed by atoms with Crippen molar-refractivity contribution in [1.29, 1.82) is 0 Å². The Balaban J connectivity index is 2.49. The molecular weight excluding hydrogens is 340 g/mol. The van der Waals surface area contributed by atoms with Crippen molar-refractivity contribution in [1.82, 2.24) is 0 Å². The zero-order valence-corrected chi connectivity index (χ0v) is 19.3. The van der Waals surface area contributed by atoms with Crippen LogP contribution in [-0.4, -0.2) is 25.5 Å². The van der Waals surface area contributed by atoms with Gasteiger partial charge in [-0.2, -0.15) is 0 Å². The molecule has 148 valence electrons. The molecular formula is C22H38O3Si. The van der Waals surface area contributed by atoms with Crippen molar-refractivity contribution in [3.05, 3.63) is 23.8 Å². The first kappa shape index (κ1) is 23.0. The first-order chi connectivity index (χ1) is 11.6. The molecule has 0 atom stereocenters. The third kappa shape index (κ3) is 6.02. The third-order valence-electron chi connectivity index (χ3n) is 5.72. The van der Waals surface area contributed by atoms with E-state index in [4.69, 9.17) is 4.43 Å². The van der Waals surface area contributed by atoms with Gasteiger partial charge in [-0.05, 0) is 69.8 Å². The molecule has 1 aliphatic carbocycles. The molecule has 0 bridgehead atoms. The lowest BCUT2D eigenvalue weighted by atomic mass is 9.88. The van der Waals surface area contributed by atoms with Crippen LogP contribution in [0.4, 0.5) is 0 Å². The fourth-order valence-electron chi connectivity index (χ4n) is 2.93. The van der Waals surface area contributed by atoms with E-state index >= 15 is 0 Å². The summed E-state index contributed by atoms with van der Waals surface area (Å²) in [7, 11) is -1.99. The van der Waals surface area contributed by atoms with Gasteiger partial charge in [0.15, 0.2) is 19.9 Å². The van der Waals surface area contributed by atoms with Gasteiger partial charge in [0.1, 0.15) is 5.60 Å². The highest BCUT2D eigenvalue weighted by Crippen LogP contribution is 2.39. The molecule has 0 radical (unpaired) electrons. The minimum Gasteiger partial charge on any atom is -0.405 e. The van der Waals surface area contributed by atoms with Gasteiger partial charge in [0, 0.05) is 5.41 Å². The van der Waals surface area contributed by atoms with E-state index in [0.29, 0.717) is 0 Å². The first-order valence-electron chi connectivity index (χ1n) is 9.73. The molecule has 0 aromatic rings. The zero-order valence-electron chi connectivity index (χ0n) is 18.3. The van der Waals surface area contributed by atoms with Crippen molar-refractivity contribution in [2.45, 2.75) is 97.9 Å². The van der Waals surface area contributed by atoms with E-state index in [1.54, 1.807) is 6.08 Å². The van der Waals surface area contributed by atoms with Gasteiger partial charge in [-0.15, -0.1) is 0 Å². The van der Waals surface area contributed by atoms with Gasteiger partial charge in [-0.25, -0.2) is 0 Å². The highest BCUT2D eigenvalue weighted by Gasteiger charge is 2.43. The maximum atomic E-state index is 12.6. The van der Waals surface area contributed by atoms with Gasteiger partial charge in [0.25, 0.3) is 0 Å². The van der Waals surface area contributed by atoms with E-state index in [-0.39, 0.29) is 22.0 Å². The number of carbonyl (C=O) groups excluding carboxylic acids is 2. The van der Waals surface area contributed by atoms with E-state index in [2.05, 4.69) is 33.9 Å². The highest BCUT2D eigenvalue weighted by molar-refractivity contribution is 6.74. The van der Waals surface area contributed by atoms with Gasteiger partial charge < -0.3 is 4.43 Å². The Bertz CT molecular complexity index is 601. The van der Waals surface area contributed by atoms with Crippen LogP contribution in [0.1, 0.15) is 74.1 Å². The maximum absolute atomic E-state index is 12.6. The molecule has 0 unspecified atom stereocenters. The monoisotopic (exact) mass is 378 g/mol. The van der Waals surface area contributed by atoms with Crippen LogP contribution in [0.5, 0.6) is 0 Å². The molecule has 0 saturated heterocycles. The second-order valence-corrected chi connectivity index (χ2v) is 15.0. The summed E-state index contributed by atoms with van der Waals surface area (Å²) < 4.78 is 6.32. The van der Waals surface area contributed by atoms with Crippen LogP contribution in [0.15, 0.2) is 23.8 Å². The highest BCUT2D eigenvalue weighted by atomic mass is 28.4. The Labute approximate surface area is 161 Å². The second-order valence-electron chi connectivity index (χ2n) is 10.3. The molecule has 0 heterocycles. The summed E-state index contributed by atoms with van der Waals surface area (Å²) in [5.74, 6) is 0.265. The summed E-state index contributed by atoms with van der Waals surface area (Å²) in [6, 6.07) is 0. The second kappa shape index (κ2) is 7.93. The summed E-state index contributed by atoms with van der Waals surface area (Å²) in [5, 5.41) is 0.0779. The Kier molecular flexibility index (Phi) is 7.03. The summed E-state index contributed by atoms with van der Waals surface area (Å²) >= 11 is 0. The molecule has 1 rings (SSSR count). The fraction of sp³-hybridized carbons (Fsp3) is 0.727. The Morgan fingerprint density at radius 2 is 1.81 bits per heavy atom. The van der Waals surface area contributed by atoms with Crippen LogP contribution < -0.4 is 0 Å². The van der Waals surface area contributed by atoms with Gasteiger partial charge in [-0.3, -0.25) is 9.59 Å². The summed E-state index contributed by atoms with van der Waals surface area (Å²) in [6.45, 7) is 18.6. The minimum absolute atomic E-state index is 0.0266. The number of carbonyl (C=O) groups is 2. The number of unbranched alkanes of at least 4 members (excludes halogenated alkanes) is 1. The third-order valence-corrected chi connectivity index (χ3v) is 10.4. The number of hydrogen-bond acceptors (Lipinski definition) is 3. The van der Waals surface area contributed by atoms with Crippen LogP contribution in [0.2, 0.25) is 18.1 Å². The molecule has 0 aromatic heterocycles. The van der Waals surface area contributed by atoms with Gasteiger partial charge in [-0.1, -0.05) is 46.3 Å². The standard InChI is InChI=1S/C22H38O3Si/c1-20(2,3)26(8,9)25-22(6,7)18(23)14-12-10-11-13-17-15-19(24)21(4,5)16-17/h12,14-15H,10-11,13,16H2,1-9H3/b14-12+. The first-order valence-corrected chi connectivity index (χ1v) is 12.6. The van der Waals surface area contributed by atoms with Crippen LogP contribution in [0, 0.1) is 5.41 Å². The van der Waals surface area contributed by atoms with Crippen LogP contribution in [0.25, 0.3) is 0 Å². The molecule has 0 amide bonds. The molecule has 0 spiro atoms. The van der Waals surface area contributed by atoms with E-state index in [1.807, 2.05) is 39.8 Å². The van der Waals surface area contributed by atoms with E-state index in [9.17, 15) is 9.59 Å². The molecule has 0 N–H and O–H groups in total. The van der Waals surface area contributed by atoms with Crippen molar-refractivity contribution in [3.63, 3.8) is 0 Å². The molecule has 3 nitrogen and oxygen atoms in total. The van der Waals surface area contributed by atoms with E-state index in [1.165, 1.54) is 5.57 Å². The molecule has 0 fully saturated rings. The van der Waals surface area contributed by atoms with Crippen molar-refractivity contribution < 1.29 is 14.0 Å². The number of ketones is 2. The average molecular weight is 379 g/mol. The van der Waals surface area contributed by atoms with Crippen molar-refractivity contribution in [3.8, 4) is 0 Å². The predicted octanol–water partition coefficient (Wildman–Crippen LogP) is 6.01. The average Bonchev–Trinajstić information content (AvgIpc) is 2.68. The van der Waals surface area contributed by atoms with Gasteiger partial charge in [0.05, 0.1) is 0 Å². The topological polar surface area (TPSA) is 43.4 Å². The van der Waals surface area contributed by atoms with Crippen LogP contribution >= 0.6 is 0 Å². The molecule has 0 aliphatic heterocycles. The summed E-state index contributed by atoms with van der Waals surface area (Å²) in [6.07, 6.45) is 9.02. The number of rotatable bonds is 8. The fourth-order valence-corrected chi connectivity index (χ4v) is 4.61. The molecule has 26 heavy (non-hydrogen) atoms. The Morgan fingerprint density at radius 3 is 2.27 bits per heavy atom. The lowest BCUT2D eigenvalue weighted by molar-refractivity contribution is -0.127. The van der Waals surface area contributed by atoms with Crippen LogP contribution in [-0.2, 0) is 14.0 Å². The predicted molar refractivity (Wildman–Crippen MR) is 112 cm³/mol. The SMILES string of the molecule is CC1(C)CC(CCC/C=C/C(=O)C(C)(C)O[Si](C)(C)C(C)(C)C)=CC1=O. The lowest BCUT2D eigenvalue weighted by Gasteiger charge is -2.41. The summed E-state index contributed by atoms with van der Waals surface area (Å²) in [5.41, 5.74) is 0.220. The van der Waals surface area contributed by atoms with Gasteiger partial charge >= 0.3 is 0 Å². The minimum atomic E-state index is -1.99. The van der Waals surface area contributed by atoms with Crippen LogP contribution in [0.3, 0.4) is 0 Å².